The Morgan fingerprint density at radius 2 is 2.07 bits per heavy atom. The quantitative estimate of drug-likeness (QED) is 0.313. The van der Waals surface area contributed by atoms with Crippen LogP contribution >= 0.6 is 15.9 Å². The monoisotopic (exact) mass is 438 g/mol. The molecular weight excluding hydrogens is 423 g/mol. The molecule has 0 atom stereocenters. The third-order valence-corrected chi connectivity index (χ3v) is 4.50. The fourth-order valence-electron chi connectivity index (χ4n) is 2.58. The Morgan fingerprint density at radius 1 is 1.26 bits per heavy atom. The van der Waals surface area contributed by atoms with E-state index in [-0.39, 0.29) is 21.8 Å². The molecule has 2 heterocycles. The molecule has 3 N–H and O–H groups in total. The van der Waals surface area contributed by atoms with Crippen LogP contribution in [0.5, 0.6) is 0 Å². The van der Waals surface area contributed by atoms with Gasteiger partial charge in [0, 0.05) is 6.42 Å². The molecule has 0 aliphatic heterocycles. The molecule has 0 saturated carbocycles. The molecule has 3 aromatic rings. The summed E-state index contributed by atoms with van der Waals surface area (Å²) < 4.78 is 24.5. The van der Waals surface area contributed by atoms with Gasteiger partial charge in [-0.2, -0.15) is 0 Å². The van der Waals surface area contributed by atoms with E-state index in [1.807, 2.05) is 0 Å². The summed E-state index contributed by atoms with van der Waals surface area (Å²) in [5, 5.41) is 18.7. The van der Waals surface area contributed by atoms with Crippen LogP contribution in [0.1, 0.15) is 31.4 Å². The van der Waals surface area contributed by atoms with Gasteiger partial charge in [-0.15, -0.1) is 0 Å². The van der Waals surface area contributed by atoms with Crippen molar-refractivity contribution in [2.24, 2.45) is 5.73 Å². The lowest BCUT2D eigenvalue weighted by molar-refractivity contribution is 0.303. The van der Waals surface area contributed by atoms with E-state index in [1.54, 1.807) is 0 Å². The molecule has 1 aromatic carbocycles. The van der Waals surface area contributed by atoms with Gasteiger partial charge in [0.2, 0.25) is 5.82 Å². The molecule has 0 radical (unpaired) electrons. The zero-order valence-electron chi connectivity index (χ0n) is 14.1. The lowest BCUT2D eigenvalue weighted by atomic mass is 10.1. The van der Waals surface area contributed by atoms with Crippen LogP contribution in [-0.4, -0.2) is 25.9 Å². The Hall–Kier alpha value is -2.82. The number of nitrogens with one attached hydrogen (secondary N) is 1. The van der Waals surface area contributed by atoms with Crippen LogP contribution in [0.4, 0.5) is 4.39 Å². The van der Waals surface area contributed by atoms with Crippen molar-refractivity contribution < 1.29 is 13.5 Å². The van der Waals surface area contributed by atoms with E-state index in [4.69, 9.17) is 20.3 Å². The highest BCUT2D eigenvalue weighted by molar-refractivity contribution is 9.10. The molecule has 0 fully saturated rings. The number of nitrogens with zero attached hydrogens (tertiary/aromatic N) is 4. The van der Waals surface area contributed by atoms with Gasteiger partial charge in [-0.3, -0.25) is 9.93 Å². The lowest BCUT2D eigenvalue weighted by Gasteiger charge is -2.04. The minimum Gasteiger partial charge on any atom is -0.388 e. The van der Waals surface area contributed by atoms with E-state index in [0.29, 0.717) is 24.2 Å². The summed E-state index contributed by atoms with van der Waals surface area (Å²) in [6.07, 6.45) is 3.52. The van der Waals surface area contributed by atoms with Crippen molar-refractivity contribution in [1.82, 2.24) is 20.0 Å². The van der Waals surface area contributed by atoms with Gasteiger partial charge in [0.25, 0.3) is 0 Å². The topological polar surface area (TPSA) is 137 Å². The molecule has 0 amide bonds. The molecule has 0 aliphatic rings. The number of hydrogen-bond acceptors (Lipinski definition) is 7. The van der Waals surface area contributed by atoms with Gasteiger partial charge in [-0.25, -0.2) is 18.4 Å². The van der Waals surface area contributed by atoms with E-state index in [1.165, 1.54) is 22.8 Å². The second-order valence-electron chi connectivity index (χ2n) is 5.85. The summed E-state index contributed by atoms with van der Waals surface area (Å²) in [5.41, 5.74) is 6.51. The fourth-order valence-corrected chi connectivity index (χ4v) is 2.94. The first-order valence-corrected chi connectivity index (χ1v) is 8.95. The number of benzene rings is 1. The maximum atomic E-state index is 13.5. The number of nitrogens with two attached hydrogens (primary N) is 1. The van der Waals surface area contributed by atoms with Crippen molar-refractivity contribution in [3.63, 3.8) is 0 Å². The second-order valence-corrected chi connectivity index (χ2v) is 6.71. The molecule has 0 aliphatic carbocycles. The van der Waals surface area contributed by atoms with Crippen LogP contribution in [-0.2, 0) is 6.42 Å². The maximum Gasteiger partial charge on any atom is 0.446 e. The smallest absolute Gasteiger partial charge is 0.388 e. The van der Waals surface area contributed by atoms with Crippen molar-refractivity contribution in [2.45, 2.75) is 32.1 Å². The van der Waals surface area contributed by atoms with Crippen LogP contribution in [0.25, 0.3) is 17.2 Å². The predicted molar refractivity (Wildman–Crippen MR) is 97.1 cm³/mol. The number of unbranched alkanes of at least 4 members (excludes halogenated alkanes) is 2. The zero-order valence-corrected chi connectivity index (χ0v) is 15.7. The van der Waals surface area contributed by atoms with Crippen LogP contribution in [0.15, 0.2) is 36.6 Å². The van der Waals surface area contributed by atoms with Crippen molar-refractivity contribution >= 4 is 21.8 Å². The van der Waals surface area contributed by atoms with E-state index < -0.39 is 11.6 Å². The normalized spacial score (nSPS) is 11.0. The molecule has 0 saturated heterocycles. The molecule has 2 aromatic heterocycles. The molecule has 0 unspecified atom stereocenters. The van der Waals surface area contributed by atoms with Crippen molar-refractivity contribution in [3.8, 4) is 17.2 Å². The van der Waals surface area contributed by atoms with E-state index in [2.05, 4.69) is 31.4 Å². The summed E-state index contributed by atoms with van der Waals surface area (Å²) in [4.78, 5) is 12.1. The lowest BCUT2D eigenvalue weighted by Crippen LogP contribution is -2.14. The number of aryl methyl sites for hydroxylation is 1. The van der Waals surface area contributed by atoms with Crippen molar-refractivity contribution in [2.75, 3.05) is 0 Å². The summed E-state index contributed by atoms with van der Waals surface area (Å²) >= 11 is 3.09. The Morgan fingerprint density at radius 3 is 2.81 bits per heavy atom. The predicted octanol–water partition coefficient (Wildman–Crippen LogP) is 2.82. The van der Waals surface area contributed by atoms with Crippen LogP contribution in [0.2, 0.25) is 0 Å². The van der Waals surface area contributed by atoms with Crippen molar-refractivity contribution in [3.05, 3.63) is 44.7 Å². The molecule has 0 bridgehead atoms. The molecule has 9 nitrogen and oxygen atoms in total. The summed E-state index contributed by atoms with van der Waals surface area (Å²) in [5.74, 6) is -0.910. The van der Waals surface area contributed by atoms with Crippen LogP contribution < -0.4 is 11.5 Å². The molecule has 11 heteroatoms. The molecule has 142 valence electrons. The molecule has 0 spiro atoms. The SMILES string of the molecule is N=C(N)CCCCCc1nonc1-c1noc(=O)n1-c1ccc(F)c(Br)c1. The summed E-state index contributed by atoms with van der Waals surface area (Å²) in [7, 11) is 0. The third-order valence-electron chi connectivity index (χ3n) is 3.89. The fraction of sp³-hybridized carbons (Fsp3) is 0.312. The highest BCUT2D eigenvalue weighted by Gasteiger charge is 2.22. The van der Waals surface area contributed by atoms with Gasteiger partial charge in [0.05, 0.1) is 16.0 Å². The van der Waals surface area contributed by atoms with Gasteiger partial charge in [-0.1, -0.05) is 16.7 Å². The van der Waals surface area contributed by atoms with Gasteiger partial charge in [-0.05, 0) is 58.5 Å². The largest absolute Gasteiger partial charge is 0.446 e. The zero-order chi connectivity index (χ0) is 19.4. The Bertz CT molecular complexity index is 1010. The minimum absolute atomic E-state index is 0.124. The molecular formula is C16H16BrFN6O3. The first-order valence-electron chi connectivity index (χ1n) is 8.16. The van der Waals surface area contributed by atoms with Crippen LogP contribution in [0.3, 0.4) is 0 Å². The number of amidine groups is 1. The maximum absolute atomic E-state index is 13.5. The standard InChI is InChI=1S/C16H16BrFN6O3/c17-10-8-9(6-7-11(10)18)24-15(23-26-16(24)25)14-12(21-27-22-14)4-2-1-3-5-13(19)20/h6-8H,1-5H2,(H3,19,20). The summed E-state index contributed by atoms with van der Waals surface area (Å²) in [6.45, 7) is 0. The van der Waals surface area contributed by atoms with E-state index in [9.17, 15) is 9.18 Å². The summed E-state index contributed by atoms with van der Waals surface area (Å²) in [6, 6.07) is 4.09. The van der Waals surface area contributed by atoms with Crippen molar-refractivity contribution in [1.29, 1.82) is 5.41 Å². The third kappa shape index (κ3) is 4.30. The van der Waals surface area contributed by atoms with Gasteiger partial charge in [0.1, 0.15) is 11.5 Å². The van der Waals surface area contributed by atoms with E-state index in [0.717, 1.165) is 19.3 Å². The average molecular weight is 439 g/mol. The minimum atomic E-state index is -0.737. The highest BCUT2D eigenvalue weighted by atomic mass is 79.9. The number of aromatic nitrogens is 4. The Labute approximate surface area is 160 Å². The Balaban J connectivity index is 1.84. The van der Waals surface area contributed by atoms with Crippen LogP contribution in [0, 0.1) is 11.2 Å². The average Bonchev–Trinajstić information content (AvgIpc) is 3.23. The molecule has 27 heavy (non-hydrogen) atoms. The van der Waals surface area contributed by atoms with Gasteiger partial charge >= 0.3 is 5.76 Å². The Kier molecular flexibility index (Phi) is 5.79. The van der Waals surface area contributed by atoms with Gasteiger partial charge in [0.15, 0.2) is 5.69 Å². The molecule has 3 rings (SSSR count). The highest BCUT2D eigenvalue weighted by Crippen LogP contribution is 2.24. The number of hydrogen-bond donors (Lipinski definition) is 2. The van der Waals surface area contributed by atoms with E-state index >= 15 is 0 Å². The number of rotatable bonds is 8. The first kappa shape index (κ1) is 19.0. The number of halogens is 2. The first-order chi connectivity index (χ1) is 13.0. The van der Waals surface area contributed by atoms with Gasteiger partial charge < -0.3 is 5.73 Å². The second kappa shape index (κ2) is 8.25.